The maximum absolute atomic E-state index is 13.6. The zero-order chi connectivity index (χ0) is 21.8. The molecule has 160 valence electrons. The van der Waals surface area contributed by atoms with E-state index in [4.69, 9.17) is 0 Å². The van der Waals surface area contributed by atoms with Gasteiger partial charge in [-0.25, -0.2) is 13.9 Å². The zero-order valence-electron chi connectivity index (χ0n) is 17.9. The average Bonchev–Trinajstić information content (AvgIpc) is 3.11. The molecule has 0 fully saturated rings. The lowest BCUT2D eigenvalue weighted by Gasteiger charge is -2.25. The van der Waals surface area contributed by atoms with Crippen LogP contribution in [-0.2, 0) is 11.2 Å². The molecule has 3 aromatic rings. The molecule has 30 heavy (non-hydrogen) atoms. The van der Waals surface area contributed by atoms with Crippen LogP contribution in [0.3, 0.4) is 0 Å². The van der Waals surface area contributed by atoms with Crippen molar-refractivity contribution in [3.05, 3.63) is 52.6 Å². The second kappa shape index (κ2) is 9.53. The molecule has 1 amide bonds. The number of nitrogens with zero attached hydrogens (tertiary/aromatic N) is 5. The summed E-state index contributed by atoms with van der Waals surface area (Å²) in [5, 5.41) is 8.10. The maximum atomic E-state index is 13.6. The van der Waals surface area contributed by atoms with E-state index in [1.165, 1.54) is 23.9 Å². The van der Waals surface area contributed by atoms with Crippen molar-refractivity contribution in [1.29, 1.82) is 0 Å². The van der Waals surface area contributed by atoms with E-state index in [1.807, 2.05) is 45.2 Å². The number of amides is 1. The molecule has 0 aliphatic rings. The number of carbonyl (C=O) groups excluding carboxylic acids is 1. The van der Waals surface area contributed by atoms with Crippen LogP contribution in [0.1, 0.15) is 35.0 Å². The van der Waals surface area contributed by atoms with E-state index >= 15 is 0 Å². The Morgan fingerprint density at radius 2 is 2.07 bits per heavy atom. The van der Waals surface area contributed by atoms with Crippen LogP contribution in [0, 0.1) is 19.7 Å². The fourth-order valence-corrected chi connectivity index (χ4v) is 3.82. The minimum Gasteiger partial charge on any atom is -0.354 e. The minimum atomic E-state index is -0.280. The molecule has 0 saturated carbocycles. The Kier molecular flexibility index (Phi) is 7.04. The molecule has 7 nitrogen and oxygen atoms in total. The van der Waals surface area contributed by atoms with Crippen molar-refractivity contribution in [3.63, 3.8) is 0 Å². The quantitative estimate of drug-likeness (QED) is 0.554. The van der Waals surface area contributed by atoms with Crippen molar-refractivity contribution in [1.82, 2.24) is 29.8 Å². The van der Waals surface area contributed by atoms with Gasteiger partial charge < -0.3 is 10.2 Å². The highest BCUT2D eigenvalue weighted by molar-refractivity contribution is 7.98. The number of fused-ring (bicyclic) bond motifs is 1. The van der Waals surface area contributed by atoms with Crippen molar-refractivity contribution < 1.29 is 9.18 Å². The highest BCUT2D eigenvalue weighted by Gasteiger charge is 2.17. The summed E-state index contributed by atoms with van der Waals surface area (Å²) in [5.74, 6) is 0.240. The van der Waals surface area contributed by atoms with E-state index in [0.717, 1.165) is 22.5 Å². The Balaban J connectivity index is 1.65. The molecule has 0 saturated heterocycles. The number of carbonyl (C=O) groups is 1. The second-order valence-electron chi connectivity index (χ2n) is 7.41. The van der Waals surface area contributed by atoms with Gasteiger partial charge in [-0.3, -0.25) is 4.79 Å². The summed E-state index contributed by atoms with van der Waals surface area (Å²) in [4.78, 5) is 23.4. The van der Waals surface area contributed by atoms with Gasteiger partial charge in [0.25, 0.3) is 5.78 Å². The molecule has 9 heteroatoms. The van der Waals surface area contributed by atoms with Crippen LogP contribution >= 0.6 is 11.8 Å². The lowest BCUT2D eigenvalue weighted by Crippen LogP contribution is -2.34. The van der Waals surface area contributed by atoms with Crippen LogP contribution in [0.15, 0.2) is 29.4 Å². The lowest BCUT2D eigenvalue weighted by molar-refractivity contribution is -0.121. The van der Waals surface area contributed by atoms with Gasteiger partial charge in [0.2, 0.25) is 11.1 Å². The summed E-state index contributed by atoms with van der Waals surface area (Å²) < 4.78 is 15.3. The van der Waals surface area contributed by atoms with Gasteiger partial charge in [-0.2, -0.15) is 4.98 Å². The summed E-state index contributed by atoms with van der Waals surface area (Å²) in [6, 6.07) is 6.37. The largest absolute Gasteiger partial charge is 0.354 e. The molecular formula is C21H27FN6OS. The Labute approximate surface area is 180 Å². The number of likely N-dealkylation sites (N-methyl/N-ethyl adjacent to an activating group) is 1. The molecule has 3 rings (SSSR count). The van der Waals surface area contributed by atoms with Crippen LogP contribution in [0.2, 0.25) is 0 Å². The first kappa shape index (κ1) is 22.2. The summed E-state index contributed by atoms with van der Waals surface area (Å²) in [7, 11) is 3.83. The summed E-state index contributed by atoms with van der Waals surface area (Å²) in [6.45, 7) is 4.31. The number of rotatable bonds is 8. The molecule has 0 spiro atoms. The lowest BCUT2D eigenvalue weighted by atomic mass is 10.0. The third-order valence-electron chi connectivity index (χ3n) is 5.16. The van der Waals surface area contributed by atoms with Crippen LogP contribution < -0.4 is 5.32 Å². The van der Waals surface area contributed by atoms with Crippen molar-refractivity contribution in [2.24, 2.45) is 0 Å². The Morgan fingerprint density at radius 1 is 1.30 bits per heavy atom. The van der Waals surface area contributed by atoms with Gasteiger partial charge in [0.15, 0.2) is 0 Å². The molecule has 0 aliphatic heterocycles. The smallest absolute Gasteiger partial charge is 0.253 e. The number of hydrogen-bond acceptors (Lipinski definition) is 6. The zero-order valence-corrected chi connectivity index (χ0v) is 18.8. The van der Waals surface area contributed by atoms with E-state index in [1.54, 1.807) is 10.6 Å². The van der Waals surface area contributed by atoms with Gasteiger partial charge >= 0.3 is 0 Å². The Morgan fingerprint density at radius 3 is 2.73 bits per heavy atom. The first-order valence-corrected chi connectivity index (χ1v) is 11.0. The van der Waals surface area contributed by atoms with Gasteiger partial charge in [-0.1, -0.05) is 23.9 Å². The molecule has 0 radical (unpaired) electrons. The summed E-state index contributed by atoms with van der Waals surface area (Å²) >= 11 is 1.47. The molecule has 1 atom stereocenters. The molecule has 0 aliphatic carbocycles. The predicted octanol–water partition coefficient (Wildman–Crippen LogP) is 2.95. The standard InChI is InChI=1S/C21H27FN6OS/c1-13-17(14(2)28-20(24-13)25-21(26-28)30-5)9-10-19(29)23-12-18(27(3)4)15-7-6-8-16(22)11-15/h6-8,11,18H,9-10,12H2,1-5H3,(H,23,29). The van der Waals surface area contributed by atoms with Crippen molar-refractivity contribution >= 4 is 23.4 Å². The van der Waals surface area contributed by atoms with Gasteiger partial charge in [-0.15, -0.1) is 5.10 Å². The second-order valence-corrected chi connectivity index (χ2v) is 8.18. The highest BCUT2D eigenvalue weighted by Crippen LogP contribution is 2.20. The fraction of sp³-hybridized carbons (Fsp3) is 0.429. The number of halogens is 1. The fourth-order valence-electron chi connectivity index (χ4n) is 3.49. The Hall–Kier alpha value is -2.52. The first-order chi connectivity index (χ1) is 14.3. The topological polar surface area (TPSA) is 75.4 Å². The molecule has 2 aromatic heterocycles. The van der Waals surface area contributed by atoms with E-state index in [-0.39, 0.29) is 17.8 Å². The van der Waals surface area contributed by atoms with Crippen LogP contribution in [-0.4, -0.2) is 57.3 Å². The van der Waals surface area contributed by atoms with Crippen LogP contribution in [0.4, 0.5) is 4.39 Å². The van der Waals surface area contributed by atoms with Gasteiger partial charge in [0.1, 0.15) is 5.82 Å². The minimum absolute atomic E-state index is 0.0551. The number of nitrogens with one attached hydrogen (secondary N) is 1. The van der Waals surface area contributed by atoms with Gasteiger partial charge in [-0.05, 0) is 63.9 Å². The number of hydrogen-bond donors (Lipinski definition) is 1. The molecule has 0 bridgehead atoms. The molecule has 2 heterocycles. The number of thioether (sulfide) groups is 1. The van der Waals surface area contributed by atoms with E-state index in [0.29, 0.717) is 30.3 Å². The SMILES string of the molecule is CSc1nc2nc(C)c(CCC(=O)NCC(c3cccc(F)c3)N(C)C)c(C)n2n1. The normalized spacial score (nSPS) is 12.5. The molecule has 1 unspecified atom stereocenters. The van der Waals surface area contributed by atoms with Crippen molar-refractivity contribution in [2.45, 2.75) is 37.9 Å². The number of aryl methyl sites for hydroxylation is 2. The molecular weight excluding hydrogens is 403 g/mol. The third kappa shape index (κ3) is 4.96. The Bertz CT molecular complexity index is 1050. The summed E-state index contributed by atoms with van der Waals surface area (Å²) in [5.41, 5.74) is 3.64. The van der Waals surface area contributed by atoms with Crippen molar-refractivity contribution in [3.8, 4) is 0 Å². The first-order valence-electron chi connectivity index (χ1n) is 9.75. The predicted molar refractivity (Wildman–Crippen MR) is 116 cm³/mol. The maximum Gasteiger partial charge on any atom is 0.253 e. The van der Waals surface area contributed by atoms with E-state index < -0.39 is 0 Å². The van der Waals surface area contributed by atoms with E-state index in [9.17, 15) is 9.18 Å². The molecule has 1 N–H and O–H groups in total. The average molecular weight is 431 g/mol. The van der Waals surface area contributed by atoms with Crippen molar-refractivity contribution in [2.75, 3.05) is 26.9 Å². The summed E-state index contributed by atoms with van der Waals surface area (Å²) in [6.07, 6.45) is 2.82. The van der Waals surface area contributed by atoms with Crippen LogP contribution in [0.25, 0.3) is 5.78 Å². The number of aromatic nitrogens is 4. The third-order valence-corrected chi connectivity index (χ3v) is 5.70. The van der Waals surface area contributed by atoms with Crippen LogP contribution in [0.5, 0.6) is 0 Å². The highest BCUT2D eigenvalue weighted by atomic mass is 32.2. The van der Waals surface area contributed by atoms with Gasteiger partial charge in [0.05, 0.1) is 6.04 Å². The monoisotopic (exact) mass is 430 g/mol. The molecule has 1 aromatic carbocycles. The van der Waals surface area contributed by atoms with E-state index in [2.05, 4.69) is 20.4 Å². The van der Waals surface area contributed by atoms with Gasteiger partial charge in [0, 0.05) is 24.4 Å². The number of benzene rings is 1.